The van der Waals surface area contributed by atoms with Crippen molar-refractivity contribution in [3.8, 4) is 0 Å². The van der Waals surface area contributed by atoms with E-state index in [2.05, 4.69) is 5.32 Å². The molecule has 4 fully saturated rings. The maximum absolute atomic E-state index is 16.6. The van der Waals surface area contributed by atoms with Crippen molar-refractivity contribution in [3.05, 3.63) is 119 Å². The van der Waals surface area contributed by atoms with Crippen LogP contribution in [0.5, 0.6) is 0 Å². The maximum atomic E-state index is 16.6. The molecule has 22 nitrogen and oxygen atoms in total. The van der Waals surface area contributed by atoms with Crippen molar-refractivity contribution in [2.75, 3.05) is 13.2 Å². The first-order valence-corrected chi connectivity index (χ1v) is 26.1. The van der Waals surface area contributed by atoms with Crippen LogP contribution in [0.4, 0.5) is 0 Å². The van der Waals surface area contributed by atoms with Crippen molar-refractivity contribution >= 4 is 53.5 Å². The molecule has 3 aliphatic carbocycles. The highest BCUT2D eigenvalue weighted by molar-refractivity contribution is 5.96. The van der Waals surface area contributed by atoms with E-state index in [1.54, 1.807) is 66.7 Å². The summed E-state index contributed by atoms with van der Waals surface area (Å²) in [6, 6.07) is 22.4. The lowest BCUT2D eigenvalue weighted by Crippen LogP contribution is -2.82. The molecule has 22 heteroatoms. The summed E-state index contributed by atoms with van der Waals surface area (Å²) < 4.78 is 61.0. The molecule has 428 valence electrons. The molecule has 2 bridgehead atoms. The third kappa shape index (κ3) is 11.0. The number of carbonyl (C=O) groups is 9. The van der Waals surface area contributed by atoms with Crippen LogP contribution in [0.25, 0.3) is 0 Å². The van der Waals surface area contributed by atoms with E-state index in [0.29, 0.717) is 5.56 Å². The summed E-state index contributed by atoms with van der Waals surface area (Å²) in [6.45, 7) is 10.3. The molecule has 3 aromatic carbocycles. The van der Waals surface area contributed by atoms with Gasteiger partial charge < -0.3 is 62.9 Å². The molecule has 80 heavy (non-hydrogen) atoms. The quantitative estimate of drug-likeness (QED) is 0.110. The number of nitrogens with one attached hydrogen (secondary N) is 1. The molecule has 0 aromatic heterocycles. The fourth-order valence-electron chi connectivity index (χ4n) is 12.3. The minimum Gasteiger partial charge on any atom is -0.456 e. The molecule has 0 radical (unpaired) electrons. The molecule has 2 saturated heterocycles. The predicted molar refractivity (Wildman–Crippen MR) is 273 cm³/mol. The van der Waals surface area contributed by atoms with E-state index in [0.717, 1.165) is 34.6 Å². The van der Waals surface area contributed by atoms with E-state index in [4.69, 9.17) is 47.4 Å². The number of amides is 1. The Bertz CT molecular complexity index is 2930. The van der Waals surface area contributed by atoms with E-state index in [1.165, 1.54) is 52.0 Å². The molecule has 1 unspecified atom stereocenters. The van der Waals surface area contributed by atoms with E-state index >= 15 is 4.79 Å². The fourth-order valence-corrected chi connectivity index (χ4v) is 12.3. The number of ether oxygens (including phenoxy) is 10. The molecule has 15 atom stereocenters. The van der Waals surface area contributed by atoms with Gasteiger partial charge in [-0.15, -0.1) is 0 Å². The smallest absolute Gasteiger partial charge is 0.338 e. The van der Waals surface area contributed by atoms with Gasteiger partial charge in [0.25, 0.3) is 5.91 Å². The van der Waals surface area contributed by atoms with Gasteiger partial charge in [-0.2, -0.15) is 0 Å². The number of ketones is 1. The van der Waals surface area contributed by atoms with Crippen LogP contribution in [0, 0.1) is 16.7 Å². The number of fused-ring (bicyclic) bond motifs is 5. The van der Waals surface area contributed by atoms with Gasteiger partial charge in [0.05, 0.1) is 42.3 Å². The topological polar surface area (TPSA) is 298 Å². The minimum atomic E-state index is -2.58. The van der Waals surface area contributed by atoms with Gasteiger partial charge >= 0.3 is 41.8 Å². The summed E-state index contributed by atoms with van der Waals surface area (Å²) >= 11 is 0. The van der Waals surface area contributed by atoms with Crippen LogP contribution in [0.2, 0.25) is 0 Å². The van der Waals surface area contributed by atoms with E-state index < -0.39 is 168 Å². The van der Waals surface area contributed by atoms with E-state index in [9.17, 15) is 48.6 Å². The Morgan fingerprint density at radius 1 is 0.688 bits per heavy atom. The number of aliphatic hydroxyl groups excluding tert-OH is 1. The minimum absolute atomic E-state index is 0.0228. The number of aliphatic hydroxyl groups is 2. The number of rotatable bonds is 15. The van der Waals surface area contributed by atoms with Crippen LogP contribution < -0.4 is 5.32 Å². The third-order valence-electron chi connectivity index (χ3n) is 16.1. The van der Waals surface area contributed by atoms with Crippen LogP contribution in [-0.2, 0) is 80.9 Å². The number of benzene rings is 3. The second kappa shape index (κ2) is 23.0. The first-order valence-electron chi connectivity index (χ1n) is 26.1. The second-order valence-corrected chi connectivity index (χ2v) is 21.5. The Hall–Kier alpha value is -7.37. The van der Waals surface area contributed by atoms with Gasteiger partial charge in [-0.25, -0.2) is 9.59 Å². The van der Waals surface area contributed by atoms with Crippen molar-refractivity contribution in [3.63, 3.8) is 0 Å². The Morgan fingerprint density at radius 3 is 1.80 bits per heavy atom. The number of hydrogen-bond donors (Lipinski definition) is 3. The lowest BCUT2D eigenvalue weighted by atomic mass is 9.44. The molecule has 2 heterocycles. The van der Waals surface area contributed by atoms with Crippen LogP contribution in [-0.4, -0.2) is 149 Å². The first-order chi connectivity index (χ1) is 37.7. The van der Waals surface area contributed by atoms with Crippen LogP contribution >= 0.6 is 0 Å². The fraction of sp³-hybridized carbons (Fsp3) is 0.500. The summed E-state index contributed by atoms with van der Waals surface area (Å²) in [5, 5.41) is 29.0. The molecular formula is C58H65NO21. The maximum Gasteiger partial charge on any atom is 0.338 e. The number of carbonyl (C=O) groups excluding carboxylic acids is 9. The number of hydrogen-bond acceptors (Lipinski definition) is 21. The summed E-state index contributed by atoms with van der Waals surface area (Å²) in [6.07, 6.45) is -18.0. The lowest BCUT2D eigenvalue weighted by Gasteiger charge is -2.68. The number of esters is 7. The molecule has 2 saturated carbocycles. The van der Waals surface area contributed by atoms with Gasteiger partial charge in [0.2, 0.25) is 0 Å². The molecular weight excluding hydrogens is 1050 g/mol. The monoisotopic (exact) mass is 1110 g/mol. The van der Waals surface area contributed by atoms with Crippen molar-refractivity contribution < 1.29 is 101 Å². The van der Waals surface area contributed by atoms with Crippen LogP contribution in [0.15, 0.2) is 102 Å². The Balaban J connectivity index is 1.32. The highest BCUT2D eigenvalue weighted by atomic mass is 16.7. The van der Waals surface area contributed by atoms with Gasteiger partial charge in [-0.1, -0.05) is 80.6 Å². The molecule has 3 N–H and O–H groups in total. The zero-order valence-electron chi connectivity index (χ0n) is 45.6. The second-order valence-electron chi connectivity index (χ2n) is 21.5. The van der Waals surface area contributed by atoms with Gasteiger partial charge in [0.1, 0.15) is 23.9 Å². The number of Topliss-reactive ketones (excluding diaryl/α,β-unsaturated/α-hetero) is 1. The van der Waals surface area contributed by atoms with E-state index in [-0.39, 0.29) is 28.7 Å². The third-order valence-corrected chi connectivity index (χ3v) is 16.1. The van der Waals surface area contributed by atoms with Crippen molar-refractivity contribution in [1.29, 1.82) is 0 Å². The highest BCUT2D eigenvalue weighted by Crippen LogP contribution is 2.65. The van der Waals surface area contributed by atoms with Crippen LogP contribution in [0.3, 0.4) is 0 Å². The van der Waals surface area contributed by atoms with Gasteiger partial charge in [0, 0.05) is 58.4 Å². The zero-order chi connectivity index (χ0) is 58.2. The SMILES string of the molecule is CC(=O)O[C@H]1C(=O)[C@]2(C)C(O[C@@H]3OC[C@@H](OC(C)=O)[C@H](OC(C)=O)[C@H]3OC(C)=O)C[C@H]3OC[C@@]3(OC(C)=O)[C@H]2[C@H](OC(=O)c2ccccc2)[C@]2(O)C[C@H](OC(=O)[C@H](O)[C@@H](NC(=O)c3ccccc3)c3ccccc3)C(C)=C1C2(C)C. The Morgan fingerprint density at radius 2 is 1.25 bits per heavy atom. The van der Waals surface area contributed by atoms with Crippen molar-refractivity contribution in [2.45, 2.75) is 154 Å². The Labute approximate surface area is 460 Å². The van der Waals surface area contributed by atoms with Gasteiger partial charge in [-0.3, -0.25) is 33.6 Å². The van der Waals surface area contributed by atoms with Crippen molar-refractivity contribution in [2.24, 2.45) is 16.7 Å². The summed E-state index contributed by atoms with van der Waals surface area (Å²) in [4.78, 5) is 125. The molecule has 3 aromatic rings. The molecule has 5 aliphatic rings. The molecule has 0 spiro atoms. The zero-order valence-corrected chi connectivity index (χ0v) is 45.6. The molecule has 1 amide bonds. The summed E-state index contributed by atoms with van der Waals surface area (Å²) in [5.74, 6) is -10.2. The largest absolute Gasteiger partial charge is 0.456 e. The highest BCUT2D eigenvalue weighted by Gasteiger charge is 2.79. The van der Waals surface area contributed by atoms with Crippen molar-refractivity contribution in [1.82, 2.24) is 5.32 Å². The Kier molecular flexibility index (Phi) is 16.9. The predicted octanol–water partition coefficient (Wildman–Crippen LogP) is 3.91. The summed E-state index contributed by atoms with van der Waals surface area (Å²) in [5.41, 5.74) is -8.24. The molecule has 2 aliphatic heterocycles. The molecule has 8 rings (SSSR count). The van der Waals surface area contributed by atoms with Gasteiger partial charge in [0.15, 0.2) is 48.2 Å². The normalized spacial score (nSPS) is 32.0. The van der Waals surface area contributed by atoms with E-state index in [1.807, 2.05) is 0 Å². The lowest BCUT2D eigenvalue weighted by molar-refractivity contribution is -0.366. The standard InChI is InChI=1S/C58H65NO21/c1-29-38(77-53(69)44(65)43(35-19-13-10-14-20-35)59-51(67)36-21-15-11-16-22-36)26-58(70)50(79-52(68)37-23-17-12-18-24-37)48-56(9,49(66)46(75-32(4)62)42(29)55(58,7)8)40(25-41-57(48,28-72-41)80-34(6)64)78-54-47(76-33(5)63)45(74-31(3)61)39(27-71-54)73-30(2)60/h10-24,38-41,43-48,50,54,65,70H,25-28H2,1-9H3,(H,59,67)/t38-,39+,40?,41+,43-,44+,45-,46+,47+,48-,50-,54-,56+,57-,58+/m0/s1. The average Bonchev–Trinajstić information content (AvgIpc) is 3.50. The first kappa shape index (κ1) is 58.8. The summed E-state index contributed by atoms with van der Waals surface area (Å²) in [7, 11) is 0. The van der Waals surface area contributed by atoms with Crippen LogP contribution in [0.1, 0.15) is 107 Å². The average molecular weight is 1110 g/mol. The van der Waals surface area contributed by atoms with Gasteiger partial charge in [-0.05, 0) is 54.8 Å².